The maximum atomic E-state index is 12.1. The third-order valence-electron chi connectivity index (χ3n) is 4.26. The lowest BCUT2D eigenvalue weighted by atomic mass is 10.2. The van der Waals surface area contributed by atoms with Gasteiger partial charge in [-0.15, -0.1) is 11.3 Å². The van der Waals surface area contributed by atoms with Crippen LogP contribution in [0, 0.1) is 0 Å². The first-order valence-electron chi connectivity index (χ1n) is 9.79. The Morgan fingerprint density at radius 1 is 1.03 bits per heavy atom. The number of benzene rings is 2. The first-order valence-corrected chi connectivity index (χ1v) is 10.7. The minimum absolute atomic E-state index is 0.0729. The van der Waals surface area contributed by atoms with Gasteiger partial charge in [-0.05, 0) is 29.8 Å². The van der Waals surface area contributed by atoms with Crippen LogP contribution in [0.5, 0.6) is 11.5 Å². The van der Waals surface area contributed by atoms with Crippen molar-refractivity contribution in [3.8, 4) is 11.5 Å². The number of thiazole rings is 1. The molecular weight excluding hydrogens is 416 g/mol. The lowest BCUT2D eigenvalue weighted by Crippen LogP contribution is -2.24. The van der Waals surface area contributed by atoms with E-state index in [1.54, 1.807) is 36.8 Å². The number of carbonyl (C=O) groups excluding carboxylic acids is 2. The Bertz CT molecular complexity index is 973. The summed E-state index contributed by atoms with van der Waals surface area (Å²) in [6.45, 7) is 0.771. The van der Waals surface area contributed by atoms with Crippen LogP contribution in [0.3, 0.4) is 0 Å². The first-order chi connectivity index (χ1) is 15.1. The SMILES string of the molecule is COc1ccc(OCCC(=O)OCc2csc(CC(=O)NCc3ccccc3)n2)cc1. The molecule has 0 radical (unpaired) electrons. The fourth-order valence-electron chi connectivity index (χ4n) is 2.64. The number of rotatable bonds is 11. The highest BCUT2D eigenvalue weighted by Crippen LogP contribution is 2.17. The monoisotopic (exact) mass is 440 g/mol. The number of hydrogen-bond acceptors (Lipinski definition) is 7. The predicted octanol–water partition coefficient (Wildman–Crippen LogP) is 3.52. The number of aromatic nitrogens is 1. The maximum absolute atomic E-state index is 12.1. The molecule has 8 heteroatoms. The van der Waals surface area contributed by atoms with Crippen molar-refractivity contribution in [3.63, 3.8) is 0 Å². The predicted molar refractivity (Wildman–Crippen MR) is 117 cm³/mol. The molecule has 162 valence electrons. The molecule has 2 aromatic carbocycles. The van der Waals surface area contributed by atoms with Crippen LogP contribution in [0.15, 0.2) is 60.0 Å². The quantitative estimate of drug-likeness (QED) is 0.459. The number of methoxy groups -OCH3 is 1. The van der Waals surface area contributed by atoms with Gasteiger partial charge in [0.1, 0.15) is 23.1 Å². The third kappa shape index (κ3) is 7.75. The third-order valence-corrected chi connectivity index (χ3v) is 5.16. The lowest BCUT2D eigenvalue weighted by molar-refractivity contribution is -0.145. The van der Waals surface area contributed by atoms with E-state index >= 15 is 0 Å². The van der Waals surface area contributed by atoms with Gasteiger partial charge >= 0.3 is 5.97 Å². The Balaban J connectivity index is 1.33. The van der Waals surface area contributed by atoms with Crippen molar-refractivity contribution in [1.82, 2.24) is 10.3 Å². The average Bonchev–Trinajstić information content (AvgIpc) is 3.24. The van der Waals surface area contributed by atoms with E-state index in [1.165, 1.54) is 11.3 Å². The highest BCUT2D eigenvalue weighted by molar-refractivity contribution is 7.09. The van der Waals surface area contributed by atoms with E-state index in [2.05, 4.69) is 10.3 Å². The molecule has 3 aromatic rings. The molecule has 0 saturated carbocycles. The smallest absolute Gasteiger partial charge is 0.309 e. The van der Waals surface area contributed by atoms with Crippen LogP contribution >= 0.6 is 11.3 Å². The number of nitrogens with zero attached hydrogens (tertiary/aromatic N) is 1. The molecule has 0 spiro atoms. The van der Waals surface area contributed by atoms with Crippen molar-refractivity contribution in [2.45, 2.75) is 26.0 Å². The summed E-state index contributed by atoms with van der Waals surface area (Å²) in [4.78, 5) is 28.3. The second-order valence-electron chi connectivity index (χ2n) is 6.61. The van der Waals surface area contributed by atoms with E-state index in [1.807, 2.05) is 30.3 Å². The molecule has 0 aliphatic carbocycles. The summed E-state index contributed by atoms with van der Waals surface area (Å²) in [6.07, 6.45) is 0.325. The average molecular weight is 441 g/mol. The molecule has 3 rings (SSSR count). The topological polar surface area (TPSA) is 86.8 Å². The van der Waals surface area contributed by atoms with Crippen LogP contribution in [-0.2, 0) is 33.9 Å². The minimum Gasteiger partial charge on any atom is -0.497 e. The Hall–Kier alpha value is -3.39. The Labute approximate surface area is 185 Å². The maximum Gasteiger partial charge on any atom is 0.309 e. The van der Waals surface area contributed by atoms with Crippen LogP contribution < -0.4 is 14.8 Å². The first kappa shape index (κ1) is 22.3. The highest BCUT2D eigenvalue weighted by atomic mass is 32.1. The Morgan fingerprint density at radius 3 is 2.52 bits per heavy atom. The summed E-state index contributed by atoms with van der Waals surface area (Å²) in [5.41, 5.74) is 1.67. The van der Waals surface area contributed by atoms with Gasteiger partial charge < -0.3 is 19.5 Å². The number of hydrogen-bond donors (Lipinski definition) is 1. The van der Waals surface area contributed by atoms with Crippen molar-refractivity contribution >= 4 is 23.2 Å². The Kier molecular flexibility index (Phi) is 8.42. The van der Waals surface area contributed by atoms with Crippen molar-refractivity contribution < 1.29 is 23.8 Å². The van der Waals surface area contributed by atoms with Gasteiger partial charge in [0.25, 0.3) is 0 Å². The van der Waals surface area contributed by atoms with Gasteiger partial charge in [-0.25, -0.2) is 4.98 Å². The molecule has 0 atom stereocenters. The zero-order valence-corrected chi connectivity index (χ0v) is 18.0. The van der Waals surface area contributed by atoms with Gasteiger partial charge in [-0.1, -0.05) is 30.3 Å². The summed E-state index contributed by atoms with van der Waals surface area (Å²) in [6, 6.07) is 16.8. The molecular formula is C23H24N2O5S. The standard InChI is InChI=1S/C23H24N2O5S/c1-28-19-7-9-20(10-8-19)29-12-11-23(27)30-15-18-16-31-22(25-18)13-21(26)24-14-17-5-3-2-4-6-17/h2-10,16H,11-15H2,1H3,(H,24,26). The van der Waals surface area contributed by atoms with Crippen LogP contribution in [0.2, 0.25) is 0 Å². The molecule has 0 unspecified atom stereocenters. The molecule has 1 N–H and O–H groups in total. The van der Waals surface area contributed by atoms with Gasteiger partial charge in [0.05, 0.1) is 32.3 Å². The van der Waals surface area contributed by atoms with Gasteiger partial charge in [0.2, 0.25) is 5.91 Å². The normalized spacial score (nSPS) is 10.4. The second-order valence-corrected chi connectivity index (χ2v) is 7.55. The lowest BCUT2D eigenvalue weighted by Gasteiger charge is -2.07. The molecule has 0 aliphatic rings. The molecule has 1 amide bonds. The van der Waals surface area contributed by atoms with Crippen LogP contribution in [0.25, 0.3) is 0 Å². The van der Waals surface area contributed by atoms with Crippen molar-refractivity contribution in [1.29, 1.82) is 0 Å². The van der Waals surface area contributed by atoms with Crippen molar-refractivity contribution in [3.05, 3.63) is 76.2 Å². The van der Waals surface area contributed by atoms with Gasteiger partial charge in [-0.2, -0.15) is 0 Å². The number of carbonyl (C=O) groups is 2. The number of nitrogens with one attached hydrogen (secondary N) is 1. The van der Waals surface area contributed by atoms with E-state index < -0.39 is 0 Å². The van der Waals surface area contributed by atoms with Gasteiger partial charge in [0.15, 0.2) is 0 Å². The van der Waals surface area contributed by atoms with E-state index in [4.69, 9.17) is 14.2 Å². The van der Waals surface area contributed by atoms with Crippen LogP contribution in [-0.4, -0.2) is 30.6 Å². The molecule has 0 fully saturated rings. The summed E-state index contributed by atoms with van der Waals surface area (Å²) < 4.78 is 15.8. The fraction of sp³-hybridized carbons (Fsp3) is 0.261. The minimum atomic E-state index is -0.372. The molecule has 31 heavy (non-hydrogen) atoms. The van der Waals surface area contributed by atoms with Gasteiger partial charge in [-0.3, -0.25) is 9.59 Å². The summed E-state index contributed by atoms with van der Waals surface area (Å²) >= 11 is 1.37. The number of esters is 1. The number of amides is 1. The number of ether oxygens (including phenoxy) is 3. The van der Waals surface area contributed by atoms with Crippen LogP contribution in [0.1, 0.15) is 22.7 Å². The van der Waals surface area contributed by atoms with Crippen molar-refractivity contribution in [2.75, 3.05) is 13.7 Å². The second kappa shape index (κ2) is 11.7. The van der Waals surface area contributed by atoms with E-state index in [0.717, 1.165) is 11.3 Å². The summed E-state index contributed by atoms with van der Waals surface area (Å²) in [7, 11) is 1.60. The highest BCUT2D eigenvalue weighted by Gasteiger charge is 2.10. The molecule has 1 aromatic heterocycles. The molecule has 1 heterocycles. The summed E-state index contributed by atoms with van der Waals surface area (Å²) in [5, 5.41) is 5.34. The molecule has 0 bridgehead atoms. The Morgan fingerprint density at radius 2 is 1.77 bits per heavy atom. The molecule has 0 aliphatic heterocycles. The van der Waals surface area contributed by atoms with Crippen molar-refractivity contribution in [2.24, 2.45) is 0 Å². The zero-order valence-electron chi connectivity index (χ0n) is 17.2. The van der Waals surface area contributed by atoms with E-state index in [-0.39, 0.29) is 37.9 Å². The fourth-order valence-corrected chi connectivity index (χ4v) is 3.42. The van der Waals surface area contributed by atoms with Gasteiger partial charge in [0, 0.05) is 11.9 Å². The van der Waals surface area contributed by atoms with E-state index in [0.29, 0.717) is 23.0 Å². The van der Waals surface area contributed by atoms with Crippen LogP contribution in [0.4, 0.5) is 0 Å². The zero-order chi connectivity index (χ0) is 21.9. The van der Waals surface area contributed by atoms with E-state index in [9.17, 15) is 9.59 Å². The largest absolute Gasteiger partial charge is 0.497 e. The molecule has 7 nitrogen and oxygen atoms in total. The summed E-state index contributed by atoms with van der Waals surface area (Å²) in [5.74, 6) is 0.924. The molecule has 0 saturated heterocycles.